The van der Waals surface area contributed by atoms with Gasteiger partial charge >= 0.3 is 0 Å². The maximum absolute atomic E-state index is 14.1. The molecule has 1 aliphatic heterocycles. The smallest absolute Gasteiger partial charge is 0.166 e. The molecule has 0 unspecified atom stereocenters. The number of fused-ring (bicyclic) bond motifs is 3. The van der Waals surface area contributed by atoms with Gasteiger partial charge in [-0.15, -0.1) is 0 Å². The van der Waals surface area contributed by atoms with Gasteiger partial charge in [-0.25, -0.2) is 9.37 Å². The molecule has 0 saturated carbocycles. The van der Waals surface area contributed by atoms with Crippen LogP contribution >= 0.6 is 15.9 Å². The van der Waals surface area contributed by atoms with Crippen LogP contribution in [-0.4, -0.2) is 28.9 Å². The lowest BCUT2D eigenvalue weighted by Gasteiger charge is -2.24. The monoisotopic (exact) mass is 486 g/mol. The minimum atomic E-state index is -0.548. The minimum absolute atomic E-state index is 0.150. The van der Waals surface area contributed by atoms with Crippen molar-refractivity contribution in [3.8, 4) is 5.75 Å². The second-order valence-corrected chi connectivity index (χ2v) is 7.79. The van der Waals surface area contributed by atoms with Gasteiger partial charge in [-0.2, -0.15) is 0 Å². The number of ether oxygens (including phenoxy) is 1. The molecule has 0 spiro atoms. The van der Waals surface area contributed by atoms with Gasteiger partial charge in [0.2, 0.25) is 0 Å². The first-order valence-electron chi connectivity index (χ1n) is 9.73. The Kier molecular flexibility index (Phi) is 7.06. The van der Waals surface area contributed by atoms with Crippen molar-refractivity contribution in [2.75, 3.05) is 18.8 Å². The fourth-order valence-corrected chi connectivity index (χ4v) is 3.61. The zero-order valence-corrected chi connectivity index (χ0v) is 18.8. The highest BCUT2D eigenvalue weighted by atomic mass is 79.9. The van der Waals surface area contributed by atoms with Crippen molar-refractivity contribution < 1.29 is 9.13 Å². The number of aromatic nitrogens is 1. The van der Waals surface area contributed by atoms with E-state index in [1.165, 1.54) is 18.3 Å². The van der Waals surface area contributed by atoms with Gasteiger partial charge in [-0.1, -0.05) is 0 Å². The van der Waals surface area contributed by atoms with Crippen molar-refractivity contribution in [3.63, 3.8) is 0 Å². The SMILES string of the molecule is CCN/C1=C(\C=N)CN/C(=C\C(=N)Br)c2ccc(F)cc2[C@@H](C)Oc2cc1cnc2N. The highest BCUT2D eigenvalue weighted by molar-refractivity contribution is 9.18. The van der Waals surface area contributed by atoms with Gasteiger partial charge in [-0.3, -0.25) is 5.41 Å². The van der Waals surface area contributed by atoms with E-state index in [4.69, 9.17) is 21.3 Å². The molecule has 162 valence electrons. The fourth-order valence-electron chi connectivity index (χ4n) is 3.39. The normalized spacial score (nSPS) is 19.9. The Morgan fingerprint density at radius 1 is 1.45 bits per heavy atom. The van der Waals surface area contributed by atoms with E-state index in [1.54, 1.807) is 31.3 Å². The molecule has 1 aromatic heterocycles. The van der Waals surface area contributed by atoms with Gasteiger partial charge < -0.3 is 26.5 Å². The van der Waals surface area contributed by atoms with Crippen molar-refractivity contribution in [3.05, 3.63) is 64.6 Å². The van der Waals surface area contributed by atoms with Gasteiger partial charge in [-0.05, 0) is 60.1 Å². The van der Waals surface area contributed by atoms with Crippen molar-refractivity contribution in [2.45, 2.75) is 20.0 Å². The van der Waals surface area contributed by atoms with Gasteiger partial charge in [0.25, 0.3) is 0 Å². The largest absolute Gasteiger partial charge is 0.482 e. The molecule has 7 nitrogen and oxygen atoms in total. The summed E-state index contributed by atoms with van der Waals surface area (Å²) in [6.45, 7) is 4.70. The summed E-state index contributed by atoms with van der Waals surface area (Å²) >= 11 is 3.16. The number of allylic oxidation sites excluding steroid dienone is 1. The van der Waals surface area contributed by atoms with E-state index >= 15 is 0 Å². The first-order chi connectivity index (χ1) is 14.8. The van der Waals surface area contributed by atoms with E-state index in [9.17, 15) is 4.39 Å². The predicted molar refractivity (Wildman–Crippen MR) is 126 cm³/mol. The van der Waals surface area contributed by atoms with Crippen LogP contribution in [0, 0.1) is 16.6 Å². The fraction of sp³-hybridized carbons (Fsp3) is 0.227. The van der Waals surface area contributed by atoms with E-state index in [2.05, 4.69) is 31.5 Å². The number of hydrogen-bond donors (Lipinski definition) is 5. The Morgan fingerprint density at radius 3 is 2.90 bits per heavy atom. The average molecular weight is 487 g/mol. The highest BCUT2D eigenvalue weighted by Crippen LogP contribution is 2.33. The third-order valence-corrected chi connectivity index (χ3v) is 5.03. The zero-order chi connectivity index (χ0) is 22.5. The van der Waals surface area contributed by atoms with E-state index in [-0.39, 0.29) is 10.4 Å². The van der Waals surface area contributed by atoms with Crippen LogP contribution in [0.1, 0.15) is 36.6 Å². The highest BCUT2D eigenvalue weighted by Gasteiger charge is 2.20. The maximum Gasteiger partial charge on any atom is 0.166 e. The lowest BCUT2D eigenvalue weighted by Crippen LogP contribution is -2.24. The topological polar surface area (TPSA) is 120 Å². The maximum atomic E-state index is 14.1. The number of rotatable bonds is 4. The molecule has 3 rings (SSSR count). The van der Waals surface area contributed by atoms with E-state index in [0.717, 1.165) is 11.3 Å². The minimum Gasteiger partial charge on any atom is -0.482 e. The van der Waals surface area contributed by atoms with E-state index in [0.29, 0.717) is 41.2 Å². The third-order valence-electron chi connectivity index (χ3n) is 4.81. The molecule has 1 atom stereocenters. The van der Waals surface area contributed by atoms with Crippen molar-refractivity contribution in [1.29, 1.82) is 10.8 Å². The summed E-state index contributed by atoms with van der Waals surface area (Å²) in [5, 5.41) is 22.4. The van der Waals surface area contributed by atoms with Crippen LogP contribution in [0.4, 0.5) is 10.2 Å². The molecule has 2 heterocycles. The number of hydrogen-bond acceptors (Lipinski definition) is 7. The number of benzene rings is 1. The van der Waals surface area contributed by atoms with Crippen LogP contribution in [0.15, 0.2) is 42.1 Å². The average Bonchev–Trinajstić information content (AvgIpc) is 2.73. The summed E-state index contributed by atoms with van der Waals surface area (Å²) in [6, 6.07) is 6.18. The number of pyridine rings is 1. The van der Waals surface area contributed by atoms with Crippen LogP contribution in [0.25, 0.3) is 11.4 Å². The molecule has 0 fully saturated rings. The Balaban J connectivity index is 2.27. The predicted octanol–water partition coefficient (Wildman–Crippen LogP) is 4.23. The number of nitrogens with two attached hydrogens (primary N) is 1. The Labute approximate surface area is 188 Å². The first kappa shape index (κ1) is 22.5. The first-order valence-corrected chi connectivity index (χ1v) is 10.5. The molecule has 31 heavy (non-hydrogen) atoms. The molecule has 0 aliphatic carbocycles. The van der Waals surface area contributed by atoms with Crippen molar-refractivity contribution >= 4 is 44.0 Å². The van der Waals surface area contributed by atoms with E-state index < -0.39 is 11.9 Å². The summed E-state index contributed by atoms with van der Waals surface area (Å²) in [5.41, 5.74) is 10.0. The quantitative estimate of drug-likeness (QED) is 0.414. The van der Waals surface area contributed by atoms with Gasteiger partial charge in [0, 0.05) is 59.2 Å². The lowest BCUT2D eigenvalue weighted by molar-refractivity contribution is 0.226. The molecule has 0 amide bonds. The van der Waals surface area contributed by atoms with Gasteiger partial charge in [0.1, 0.15) is 11.9 Å². The standard InChI is InChI=1S/C22H24BrFN6O/c1-3-28-21-13-6-19(22(27)30-10-13)31-12(2)17-7-15(24)4-5-16(17)18(8-20(23)26)29-11-14(21)9-25/h4-10,12,25-26,28-29H,3,11H2,1-2H3,(H2,27,30)/b18-8-,21-14+,25-9?,26-20?/t12-/m1/s1. The molecule has 1 aliphatic rings. The Hall–Kier alpha value is -3.20. The number of halogens is 2. The summed E-state index contributed by atoms with van der Waals surface area (Å²) < 4.78 is 20.4. The molecule has 9 heteroatoms. The van der Waals surface area contributed by atoms with Gasteiger partial charge in [0.05, 0.1) is 4.62 Å². The number of anilines is 1. The second kappa shape index (κ2) is 9.74. The summed E-state index contributed by atoms with van der Waals surface area (Å²) in [5.74, 6) is 0.185. The molecule has 2 aromatic rings. The summed E-state index contributed by atoms with van der Waals surface area (Å²) in [7, 11) is 0. The Bertz CT molecular complexity index is 1080. The number of nitrogens with zero attached hydrogens (tertiary/aromatic N) is 1. The molecule has 0 saturated heterocycles. The van der Waals surface area contributed by atoms with Crippen molar-refractivity contribution in [2.24, 2.45) is 0 Å². The number of nitrogen functional groups attached to an aromatic ring is 1. The molecule has 6 N–H and O–H groups in total. The van der Waals surface area contributed by atoms with Crippen LogP contribution in [-0.2, 0) is 0 Å². The van der Waals surface area contributed by atoms with Crippen LogP contribution in [0.5, 0.6) is 5.75 Å². The molecular formula is C22H24BrFN6O. The Morgan fingerprint density at radius 2 is 2.23 bits per heavy atom. The van der Waals surface area contributed by atoms with Crippen LogP contribution in [0.3, 0.4) is 0 Å². The lowest BCUT2D eigenvalue weighted by atomic mass is 9.99. The molecule has 2 bridgehead atoms. The van der Waals surface area contributed by atoms with Crippen LogP contribution in [0.2, 0.25) is 0 Å². The second-order valence-electron chi connectivity index (χ2n) is 6.93. The van der Waals surface area contributed by atoms with Crippen molar-refractivity contribution in [1.82, 2.24) is 15.6 Å². The molecule has 1 aromatic carbocycles. The van der Waals surface area contributed by atoms with E-state index in [1.807, 2.05) is 6.92 Å². The zero-order valence-electron chi connectivity index (χ0n) is 17.2. The third kappa shape index (κ3) is 5.11. The molecule has 0 radical (unpaired) electrons. The van der Waals surface area contributed by atoms with Gasteiger partial charge in [0.15, 0.2) is 11.6 Å². The summed E-state index contributed by atoms with van der Waals surface area (Å²) in [4.78, 5) is 4.26. The molecular weight excluding hydrogens is 463 g/mol. The number of nitrogens with one attached hydrogen (secondary N) is 4. The van der Waals surface area contributed by atoms with Crippen LogP contribution < -0.4 is 21.1 Å². The summed E-state index contributed by atoms with van der Waals surface area (Å²) in [6.07, 6.45) is 3.93.